The fourth-order valence-electron chi connectivity index (χ4n) is 0.492. The zero-order chi connectivity index (χ0) is 7.98. The highest BCUT2D eigenvalue weighted by Crippen LogP contribution is 1.95. The van der Waals surface area contributed by atoms with Crippen LogP contribution in [-0.2, 0) is 0 Å². The van der Waals surface area contributed by atoms with Crippen LogP contribution in [0.2, 0.25) is 0 Å². The first kappa shape index (κ1) is 9.04. The summed E-state index contributed by atoms with van der Waals surface area (Å²) >= 11 is 0. The van der Waals surface area contributed by atoms with Crippen LogP contribution in [0.15, 0.2) is 21.8 Å². The van der Waals surface area contributed by atoms with Gasteiger partial charge in [0.2, 0.25) is 0 Å². The number of allylic oxidation sites excluding steroid dienone is 1. The molecule has 0 aromatic carbocycles. The molecule has 0 unspecified atom stereocenters. The summed E-state index contributed by atoms with van der Waals surface area (Å²) in [6.45, 7) is 7.47. The van der Waals surface area contributed by atoms with E-state index < -0.39 is 0 Å². The molecule has 10 heavy (non-hydrogen) atoms. The average Bonchev–Trinajstić information content (AvgIpc) is 1.89. The predicted octanol–water partition coefficient (Wildman–Crippen LogP) is 0.968. The molecule has 0 aliphatic rings. The van der Waals surface area contributed by atoms with Crippen molar-refractivity contribution in [2.24, 2.45) is 15.7 Å². The van der Waals surface area contributed by atoms with Crippen molar-refractivity contribution in [3.63, 3.8) is 0 Å². The molecule has 0 aromatic heterocycles. The molecule has 3 heteroatoms. The van der Waals surface area contributed by atoms with Gasteiger partial charge in [-0.25, -0.2) is 0 Å². The molecule has 0 amide bonds. The van der Waals surface area contributed by atoms with Gasteiger partial charge in [0.05, 0.1) is 6.67 Å². The van der Waals surface area contributed by atoms with Gasteiger partial charge < -0.3 is 5.73 Å². The Morgan fingerprint density at radius 2 is 2.20 bits per heavy atom. The highest BCUT2D eigenvalue weighted by molar-refractivity contribution is 5.97. The molecule has 3 nitrogen and oxygen atoms in total. The summed E-state index contributed by atoms with van der Waals surface area (Å²) in [6, 6.07) is 0. The van der Waals surface area contributed by atoms with Crippen molar-refractivity contribution in [3.05, 3.63) is 11.8 Å². The number of aliphatic imine (C=N–C) groups is 2. The summed E-state index contributed by atoms with van der Waals surface area (Å²) in [5.74, 6) is 0. The number of nitrogens with zero attached hydrogens (tertiary/aromatic N) is 2. The molecule has 0 heterocycles. The van der Waals surface area contributed by atoms with Gasteiger partial charge in [0.25, 0.3) is 0 Å². The number of hydrogen-bond donors (Lipinski definition) is 1. The molecule has 0 spiro atoms. The van der Waals surface area contributed by atoms with Crippen LogP contribution < -0.4 is 5.73 Å². The van der Waals surface area contributed by atoms with E-state index in [9.17, 15) is 0 Å². The van der Waals surface area contributed by atoms with Gasteiger partial charge in [0.1, 0.15) is 0 Å². The van der Waals surface area contributed by atoms with Crippen molar-refractivity contribution in [1.29, 1.82) is 0 Å². The highest BCUT2D eigenvalue weighted by atomic mass is 14.9. The van der Waals surface area contributed by atoms with E-state index in [2.05, 4.69) is 16.7 Å². The minimum Gasteiger partial charge on any atom is -0.312 e. The predicted molar refractivity (Wildman–Crippen MR) is 45.5 cm³/mol. The Hall–Kier alpha value is -0.960. The first-order valence-corrected chi connectivity index (χ1v) is 3.06. The van der Waals surface area contributed by atoms with Crippen LogP contribution in [-0.4, -0.2) is 19.1 Å². The third-order valence-corrected chi connectivity index (χ3v) is 1.18. The second kappa shape index (κ2) is 4.88. The largest absolute Gasteiger partial charge is 0.312 e. The molecule has 0 saturated carbocycles. The van der Waals surface area contributed by atoms with E-state index in [1.165, 1.54) is 0 Å². The van der Waals surface area contributed by atoms with E-state index in [1.807, 2.05) is 13.8 Å². The molecule has 0 radical (unpaired) electrons. The summed E-state index contributed by atoms with van der Waals surface area (Å²) in [6.07, 6.45) is 1.66. The molecule has 0 bridgehead atoms. The third kappa shape index (κ3) is 3.14. The van der Waals surface area contributed by atoms with E-state index >= 15 is 0 Å². The quantitative estimate of drug-likeness (QED) is 0.582. The lowest BCUT2D eigenvalue weighted by molar-refractivity contribution is 1.06. The Morgan fingerprint density at radius 3 is 2.60 bits per heavy atom. The van der Waals surface area contributed by atoms with Crippen LogP contribution >= 0.6 is 0 Å². The van der Waals surface area contributed by atoms with Crippen molar-refractivity contribution in [2.75, 3.05) is 6.67 Å². The average molecular weight is 139 g/mol. The third-order valence-electron chi connectivity index (χ3n) is 1.18. The molecule has 0 rings (SSSR count). The van der Waals surface area contributed by atoms with Crippen LogP contribution in [0.4, 0.5) is 0 Å². The minimum absolute atomic E-state index is 0.328. The summed E-state index contributed by atoms with van der Waals surface area (Å²) < 4.78 is 0. The van der Waals surface area contributed by atoms with Crippen molar-refractivity contribution in [2.45, 2.75) is 13.8 Å². The van der Waals surface area contributed by atoms with E-state index in [0.29, 0.717) is 6.67 Å². The Labute approximate surface area is 61.4 Å². The number of hydrogen-bond acceptors (Lipinski definition) is 3. The summed E-state index contributed by atoms with van der Waals surface area (Å²) in [5.41, 5.74) is 7.11. The fraction of sp³-hybridized carbons (Fsp3) is 0.429. The topological polar surface area (TPSA) is 50.7 Å². The summed E-state index contributed by atoms with van der Waals surface area (Å²) in [4.78, 5) is 7.59. The monoisotopic (exact) mass is 139 g/mol. The van der Waals surface area contributed by atoms with E-state index in [1.54, 1.807) is 6.20 Å². The normalized spacial score (nSPS) is 13.5. The van der Waals surface area contributed by atoms with Crippen molar-refractivity contribution < 1.29 is 0 Å². The van der Waals surface area contributed by atoms with E-state index in [-0.39, 0.29) is 0 Å². The van der Waals surface area contributed by atoms with Gasteiger partial charge in [-0.3, -0.25) is 9.98 Å². The van der Waals surface area contributed by atoms with Gasteiger partial charge in [0.15, 0.2) is 0 Å². The summed E-state index contributed by atoms with van der Waals surface area (Å²) in [5, 5.41) is 0. The fourth-order valence-corrected chi connectivity index (χ4v) is 0.492. The van der Waals surface area contributed by atoms with E-state index in [0.717, 1.165) is 11.3 Å². The molecule has 0 fully saturated rings. The minimum atomic E-state index is 0.328. The van der Waals surface area contributed by atoms with Crippen LogP contribution in [0.1, 0.15) is 13.8 Å². The molecular formula is C7H13N3. The van der Waals surface area contributed by atoms with Gasteiger partial charge in [-0.2, -0.15) is 0 Å². The summed E-state index contributed by atoms with van der Waals surface area (Å²) in [7, 11) is 0. The Bertz CT molecular complexity index is 168. The molecule has 0 aliphatic carbocycles. The Kier molecular flexibility index (Phi) is 4.41. The first-order valence-electron chi connectivity index (χ1n) is 3.06. The molecular weight excluding hydrogens is 126 g/mol. The maximum atomic E-state index is 5.20. The standard InChI is InChI=1S/C7H13N3/c1-6(4-9-3)7(2)10-5-8/h4H,3,5,8H2,1-2H3/b6-4-,10-7-. The van der Waals surface area contributed by atoms with Gasteiger partial charge in [-0.05, 0) is 26.1 Å². The molecule has 0 aliphatic heterocycles. The van der Waals surface area contributed by atoms with Crippen LogP contribution in [0, 0.1) is 0 Å². The second-order valence-corrected chi connectivity index (χ2v) is 1.92. The molecule has 2 N–H and O–H groups in total. The van der Waals surface area contributed by atoms with Crippen molar-refractivity contribution in [3.8, 4) is 0 Å². The number of rotatable bonds is 3. The zero-order valence-corrected chi connectivity index (χ0v) is 6.46. The van der Waals surface area contributed by atoms with Crippen molar-refractivity contribution in [1.82, 2.24) is 0 Å². The van der Waals surface area contributed by atoms with Gasteiger partial charge in [-0.1, -0.05) is 0 Å². The second-order valence-electron chi connectivity index (χ2n) is 1.92. The first-order chi connectivity index (χ1) is 4.72. The highest BCUT2D eigenvalue weighted by Gasteiger charge is 1.90. The Morgan fingerprint density at radius 1 is 1.60 bits per heavy atom. The van der Waals surface area contributed by atoms with Gasteiger partial charge in [0, 0.05) is 11.9 Å². The zero-order valence-electron chi connectivity index (χ0n) is 6.46. The lowest BCUT2D eigenvalue weighted by atomic mass is 10.2. The lowest BCUT2D eigenvalue weighted by Gasteiger charge is -1.95. The maximum absolute atomic E-state index is 5.20. The Balaban J connectivity index is 4.19. The van der Waals surface area contributed by atoms with E-state index in [4.69, 9.17) is 5.73 Å². The van der Waals surface area contributed by atoms with Crippen LogP contribution in [0.5, 0.6) is 0 Å². The van der Waals surface area contributed by atoms with Gasteiger partial charge >= 0.3 is 0 Å². The van der Waals surface area contributed by atoms with Crippen LogP contribution in [0.25, 0.3) is 0 Å². The van der Waals surface area contributed by atoms with Crippen molar-refractivity contribution >= 4 is 12.4 Å². The molecule has 0 saturated heterocycles. The SMILES string of the molecule is C=N/C=C(C)\C(C)=N/CN. The van der Waals surface area contributed by atoms with Crippen LogP contribution in [0.3, 0.4) is 0 Å². The number of nitrogens with two attached hydrogens (primary N) is 1. The molecule has 0 aromatic rings. The molecule has 56 valence electrons. The lowest BCUT2D eigenvalue weighted by Crippen LogP contribution is -2.00. The molecule has 0 atom stereocenters. The smallest absolute Gasteiger partial charge is 0.0862 e. The maximum Gasteiger partial charge on any atom is 0.0862 e. The van der Waals surface area contributed by atoms with Gasteiger partial charge in [-0.15, -0.1) is 0 Å².